The molecule has 0 amide bonds. The number of esters is 1. The van der Waals surface area contributed by atoms with Crippen LogP contribution in [0.1, 0.15) is 32.3 Å². The highest BCUT2D eigenvalue weighted by Gasteiger charge is 2.22. The van der Waals surface area contributed by atoms with Crippen LogP contribution in [0.25, 0.3) is 5.69 Å². The molecule has 9 heteroatoms. The lowest BCUT2D eigenvalue weighted by molar-refractivity contribution is -0.402. The van der Waals surface area contributed by atoms with Crippen LogP contribution in [0.15, 0.2) is 46.9 Å². The topological polar surface area (TPSA) is 105 Å². The third kappa shape index (κ3) is 3.54. The summed E-state index contributed by atoms with van der Waals surface area (Å²) in [6.45, 7) is 2.80. The summed E-state index contributed by atoms with van der Waals surface area (Å²) in [5.74, 6) is -2.91. The van der Waals surface area contributed by atoms with Crippen LogP contribution in [0.3, 0.4) is 0 Å². The highest BCUT2D eigenvalue weighted by Crippen LogP contribution is 2.23. The standard InChI is InChI=1S/C19H15FN2O6/c1-11-9-13(12(2)21(11)15-6-4-3-5-14(15)20)16(23)10-27-19(24)17-7-8-18(28-17)22(25)26/h3-9H,10H2,1-2H3. The molecule has 2 heterocycles. The van der Waals surface area contributed by atoms with E-state index in [4.69, 9.17) is 9.15 Å². The van der Waals surface area contributed by atoms with Crippen molar-refractivity contribution < 1.29 is 28.1 Å². The highest BCUT2D eigenvalue weighted by atomic mass is 19.1. The molecule has 0 bridgehead atoms. The molecule has 0 unspecified atom stereocenters. The smallest absolute Gasteiger partial charge is 0.433 e. The van der Waals surface area contributed by atoms with E-state index in [-0.39, 0.29) is 11.3 Å². The first-order valence-electron chi connectivity index (χ1n) is 8.18. The number of aromatic nitrogens is 1. The van der Waals surface area contributed by atoms with Crippen molar-refractivity contribution in [1.29, 1.82) is 0 Å². The second kappa shape index (κ2) is 7.47. The molecule has 144 valence electrons. The summed E-state index contributed by atoms with van der Waals surface area (Å²) in [5, 5.41) is 10.6. The fourth-order valence-electron chi connectivity index (χ4n) is 2.86. The van der Waals surface area contributed by atoms with Crippen LogP contribution < -0.4 is 0 Å². The predicted molar refractivity (Wildman–Crippen MR) is 95.2 cm³/mol. The molecule has 28 heavy (non-hydrogen) atoms. The quantitative estimate of drug-likeness (QED) is 0.276. The summed E-state index contributed by atoms with van der Waals surface area (Å²) in [4.78, 5) is 34.2. The minimum atomic E-state index is -0.996. The number of rotatable bonds is 6. The maximum atomic E-state index is 14.1. The first kappa shape index (κ1) is 19.0. The van der Waals surface area contributed by atoms with Crippen LogP contribution in [0.2, 0.25) is 0 Å². The molecule has 3 aromatic rings. The molecule has 0 saturated carbocycles. The van der Waals surface area contributed by atoms with Crippen molar-refractivity contribution in [3.05, 3.63) is 81.1 Å². The second-order valence-electron chi connectivity index (χ2n) is 5.97. The Labute approximate surface area is 158 Å². The molecular formula is C19H15FN2O6. The number of nitro groups is 1. The molecular weight excluding hydrogens is 371 g/mol. The fraction of sp³-hybridized carbons (Fsp3) is 0.158. The molecule has 0 atom stereocenters. The average molecular weight is 386 g/mol. The van der Waals surface area contributed by atoms with E-state index >= 15 is 0 Å². The molecule has 0 radical (unpaired) electrons. The van der Waals surface area contributed by atoms with Crippen LogP contribution >= 0.6 is 0 Å². The van der Waals surface area contributed by atoms with Crippen LogP contribution in [0.5, 0.6) is 0 Å². The van der Waals surface area contributed by atoms with E-state index in [1.54, 1.807) is 42.7 Å². The molecule has 8 nitrogen and oxygen atoms in total. The summed E-state index contributed by atoms with van der Waals surface area (Å²) >= 11 is 0. The van der Waals surface area contributed by atoms with Crippen molar-refractivity contribution in [1.82, 2.24) is 4.57 Å². The number of carbonyl (C=O) groups excluding carboxylic acids is 2. The lowest BCUT2D eigenvalue weighted by atomic mass is 10.1. The molecule has 0 aliphatic heterocycles. The predicted octanol–water partition coefficient (Wildman–Crippen LogP) is 3.77. The van der Waals surface area contributed by atoms with Gasteiger partial charge in [0.15, 0.2) is 6.61 Å². The zero-order valence-electron chi connectivity index (χ0n) is 15.0. The summed E-state index contributed by atoms with van der Waals surface area (Å²) in [5.41, 5.74) is 1.71. The van der Waals surface area contributed by atoms with E-state index in [2.05, 4.69) is 0 Å². The largest absolute Gasteiger partial charge is 0.451 e. The summed E-state index contributed by atoms with van der Waals surface area (Å²) in [6, 6.07) is 9.85. The first-order chi connectivity index (χ1) is 13.3. The lowest BCUT2D eigenvalue weighted by Crippen LogP contribution is -2.14. The van der Waals surface area contributed by atoms with E-state index < -0.39 is 35.0 Å². The van der Waals surface area contributed by atoms with E-state index in [0.29, 0.717) is 17.1 Å². The Kier molecular flexibility index (Phi) is 5.08. The number of Topliss-reactive ketones (excluding diaryl/α,β-unsaturated/α-hetero) is 1. The van der Waals surface area contributed by atoms with Gasteiger partial charge in [-0.15, -0.1) is 0 Å². The van der Waals surface area contributed by atoms with Crippen molar-refractivity contribution in [2.45, 2.75) is 13.8 Å². The number of nitrogens with zero attached hydrogens (tertiary/aromatic N) is 2. The Hall–Kier alpha value is -3.75. The number of hydrogen-bond acceptors (Lipinski definition) is 6. The molecule has 0 aliphatic carbocycles. The normalized spacial score (nSPS) is 10.7. The Bertz CT molecular complexity index is 1080. The Morgan fingerprint density at radius 3 is 2.57 bits per heavy atom. The van der Waals surface area contributed by atoms with Gasteiger partial charge in [0, 0.05) is 17.0 Å². The first-order valence-corrected chi connectivity index (χ1v) is 8.18. The molecule has 0 spiro atoms. The SMILES string of the molecule is Cc1cc(C(=O)COC(=O)c2ccc([N+](=O)[O-])o2)c(C)n1-c1ccccc1F. The van der Waals surface area contributed by atoms with Crippen molar-refractivity contribution in [3.63, 3.8) is 0 Å². The lowest BCUT2D eigenvalue weighted by Gasteiger charge is -2.10. The molecule has 1 aromatic carbocycles. The van der Waals surface area contributed by atoms with E-state index in [0.717, 1.165) is 12.1 Å². The zero-order valence-corrected chi connectivity index (χ0v) is 15.0. The van der Waals surface area contributed by atoms with Gasteiger partial charge in [-0.25, -0.2) is 9.18 Å². The van der Waals surface area contributed by atoms with Gasteiger partial charge in [-0.1, -0.05) is 12.1 Å². The van der Waals surface area contributed by atoms with Crippen LogP contribution in [0.4, 0.5) is 10.3 Å². The van der Waals surface area contributed by atoms with Gasteiger partial charge in [0.25, 0.3) is 0 Å². The van der Waals surface area contributed by atoms with Gasteiger partial charge < -0.3 is 13.7 Å². The van der Waals surface area contributed by atoms with Gasteiger partial charge >= 0.3 is 11.9 Å². The molecule has 0 fully saturated rings. The Balaban J connectivity index is 1.76. The van der Waals surface area contributed by atoms with Crippen LogP contribution in [0, 0.1) is 29.8 Å². The Morgan fingerprint density at radius 1 is 1.21 bits per heavy atom. The highest BCUT2D eigenvalue weighted by molar-refractivity contribution is 6.00. The number of carbonyl (C=O) groups is 2. The summed E-state index contributed by atoms with van der Waals surface area (Å²) in [7, 11) is 0. The molecule has 0 saturated heterocycles. The number of halogens is 1. The van der Waals surface area contributed by atoms with Crippen LogP contribution in [-0.2, 0) is 4.74 Å². The third-order valence-electron chi connectivity index (χ3n) is 4.13. The molecule has 0 aliphatic rings. The number of ether oxygens (including phenoxy) is 1. The number of ketones is 1. The minimum Gasteiger partial charge on any atom is -0.451 e. The second-order valence-corrected chi connectivity index (χ2v) is 5.97. The number of para-hydroxylation sites is 1. The van der Waals surface area contributed by atoms with E-state index in [1.165, 1.54) is 6.07 Å². The van der Waals surface area contributed by atoms with Crippen LogP contribution in [-0.4, -0.2) is 27.8 Å². The molecule has 0 N–H and O–H groups in total. The van der Waals surface area contributed by atoms with Gasteiger partial charge in [0.1, 0.15) is 10.7 Å². The third-order valence-corrected chi connectivity index (χ3v) is 4.13. The van der Waals surface area contributed by atoms with Gasteiger partial charge in [-0.05, 0) is 38.1 Å². The average Bonchev–Trinajstić information content (AvgIpc) is 3.26. The molecule has 3 rings (SSSR count). The molecule has 2 aromatic heterocycles. The number of hydrogen-bond donors (Lipinski definition) is 0. The minimum absolute atomic E-state index is 0.277. The van der Waals surface area contributed by atoms with E-state index in [9.17, 15) is 24.1 Å². The Morgan fingerprint density at radius 2 is 1.93 bits per heavy atom. The van der Waals surface area contributed by atoms with Crippen molar-refractivity contribution in [2.75, 3.05) is 6.61 Å². The van der Waals surface area contributed by atoms with Crippen molar-refractivity contribution in [2.24, 2.45) is 0 Å². The van der Waals surface area contributed by atoms with Gasteiger partial charge in [0.2, 0.25) is 11.5 Å². The fourth-order valence-corrected chi connectivity index (χ4v) is 2.86. The maximum Gasteiger partial charge on any atom is 0.433 e. The van der Waals surface area contributed by atoms with Crippen molar-refractivity contribution in [3.8, 4) is 5.69 Å². The summed E-state index contributed by atoms with van der Waals surface area (Å²) < 4.78 is 25.3. The maximum absolute atomic E-state index is 14.1. The van der Waals surface area contributed by atoms with E-state index in [1.807, 2.05) is 0 Å². The zero-order chi connectivity index (χ0) is 20.4. The number of benzene rings is 1. The van der Waals surface area contributed by atoms with Gasteiger partial charge in [-0.3, -0.25) is 14.9 Å². The van der Waals surface area contributed by atoms with Gasteiger partial charge in [-0.2, -0.15) is 0 Å². The van der Waals surface area contributed by atoms with Crippen molar-refractivity contribution >= 4 is 17.6 Å². The van der Waals surface area contributed by atoms with Gasteiger partial charge in [0.05, 0.1) is 11.8 Å². The summed E-state index contributed by atoms with van der Waals surface area (Å²) in [6.07, 6.45) is 0. The monoisotopic (exact) mass is 386 g/mol. The number of aryl methyl sites for hydroxylation is 1. The number of furan rings is 1.